The van der Waals surface area contributed by atoms with Crippen molar-refractivity contribution in [3.05, 3.63) is 113 Å². The molecule has 0 aliphatic carbocycles. The molecule has 3 heterocycles. The number of halogens is 1. The summed E-state index contributed by atoms with van der Waals surface area (Å²) < 4.78 is 29.0. The normalized spacial score (nSPS) is 11.6. The van der Waals surface area contributed by atoms with Crippen LogP contribution in [0.5, 0.6) is 0 Å². The third-order valence-corrected chi connectivity index (χ3v) is 7.20. The van der Waals surface area contributed by atoms with Gasteiger partial charge in [0.05, 0.1) is 29.5 Å². The summed E-state index contributed by atoms with van der Waals surface area (Å²) in [5, 5.41) is 5.26. The summed E-state index contributed by atoms with van der Waals surface area (Å²) in [4.78, 5) is 23.0. The Bertz CT molecular complexity index is 2070. The molecule has 0 unspecified atom stereocenters. The van der Waals surface area contributed by atoms with Crippen LogP contribution in [-0.2, 0) is 10.0 Å². The Kier molecular flexibility index (Phi) is 6.52. The molecule has 6 rings (SSSR count). The molecule has 0 spiro atoms. The molecule has 3 aromatic heterocycles. The Hall–Kier alpha value is -5.00. The molecule has 0 bridgehead atoms. The summed E-state index contributed by atoms with van der Waals surface area (Å²) in [6.07, 6.45) is 4.23. The lowest BCUT2D eigenvalue weighted by atomic mass is 10.0. The Morgan fingerprint density at radius 2 is 1.56 bits per heavy atom. The number of nitrogen functional groups attached to an aromatic ring is 1. The lowest BCUT2D eigenvalue weighted by Gasteiger charge is -2.14. The second-order valence-corrected chi connectivity index (χ2v) is 11.5. The molecule has 41 heavy (non-hydrogen) atoms. The van der Waals surface area contributed by atoms with Gasteiger partial charge in [0.1, 0.15) is 17.0 Å². The molecule has 12 heteroatoms. The van der Waals surface area contributed by atoms with Gasteiger partial charge in [-0.15, -0.1) is 0 Å². The van der Waals surface area contributed by atoms with Crippen molar-refractivity contribution in [1.29, 1.82) is 0 Å². The standard InChI is InChI=1S/C29H22ClN7O3S/c1-41(39,40)35-22-3-2-4-24(15-22)37-28-25(17-33-37)29(38)36(23-12-10-21(30)11-13-23)27(34-28)19-7-5-18(6-8-19)20-9-14-26(31)32-16-20/h2-17,35H,1H3,(H2,31,32). The summed E-state index contributed by atoms with van der Waals surface area (Å²) in [6, 6.07) is 24.8. The van der Waals surface area contributed by atoms with Gasteiger partial charge >= 0.3 is 0 Å². The van der Waals surface area contributed by atoms with Crippen molar-refractivity contribution in [1.82, 2.24) is 24.3 Å². The Morgan fingerprint density at radius 1 is 0.854 bits per heavy atom. The third-order valence-electron chi connectivity index (χ3n) is 6.34. The fourth-order valence-electron chi connectivity index (χ4n) is 4.48. The highest BCUT2D eigenvalue weighted by Crippen LogP contribution is 2.27. The molecule has 0 atom stereocenters. The molecule has 204 valence electrons. The van der Waals surface area contributed by atoms with E-state index in [1.807, 2.05) is 30.3 Å². The minimum Gasteiger partial charge on any atom is -0.384 e. The fraction of sp³-hybridized carbons (Fsp3) is 0.0345. The van der Waals surface area contributed by atoms with Gasteiger partial charge in [0.2, 0.25) is 10.0 Å². The van der Waals surface area contributed by atoms with Crippen LogP contribution in [-0.4, -0.2) is 39.0 Å². The molecule has 0 saturated carbocycles. The average Bonchev–Trinajstić information content (AvgIpc) is 3.38. The topological polar surface area (TPSA) is 138 Å². The zero-order chi connectivity index (χ0) is 28.7. The van der Waals surface area contributed by atoms with Gasteiger partial charge in [0, 0.05) is 22.3 Å². The zero-order valence-electron chi connectivity index (χ0n) is 21.6. The molecule has 0 radical (unpaired) electrons. The van der Waals surface area contributed by atoms with E-state index in [1.54, 1.807) is 60.8 Å². The van der Waals surface area contributed by atoms with Gasteiger partial charge in [-0.05, 0) is 60.2 Å². The van der Waals surface area contributed by atoms with Gasteiger partial charge in [0.25, 0.3) is 5.56 Å². The lowest BCUT2D eigenvalue weighted by molar-refractivity contribution is 0.607. The van der Waals surface area contributed by atoms with Crippen LogP contribution < -0.4 is 16.0 Å². The highest BCUT2D eigenvalue weighted by atomic mass is 35.5. The predicted octanol–water partition coefficient (Wildman–Crippen LogP) is 4.91. The smallest absolute Gasteiger partial charge is 0.269 e. The van der Waals surface area contributed by atoms with Crippen LogP contribution in [0.15, 0.2) is 102 Å². The van der Waals surface area contributed by atoms with Crippen molar-refractivity contribution >= 4 is 44.2 Å². The molecule has 6 aromatic rings. The maximum atomic E-state index is 14.0. The summed E-state index contributed by atoms with van der Waals surface area (Å²) >= 11 is 6.13. The van der Waals surface area contributed by atoms with Gasteiger partial charge in [0.15, 0.2) is 5.65 Å². The van der Waals surface area contributed by atoms with E-state index >= 15 is 0 Å². The van der Waals surface area contributed by atoms with E-state index in [0.717, 1.165) is 17.4 Å². The molecule has 0 aliphatic heterocycles. The molecular weight excluding hydrogens is 562 g/mol. The van der Waals surface area contributed by atoms with Crippen molar-refractivity contribution in [3.63, 3.8) is 0 Å². The van der Waals surface area contributed by atoms with Crippen LogP contribution in [0.3, 0.4) is 0 Å². The zero-order valence-corrected chi connectivity index (χ0v) is 23.1. The number of sulfonamides is 1. The molecular formula is C29H22ClN7O3S. The largest absolute Gasteiger partial charge is 0.384 e. The van der Waals surface area contributed by atoms with E-state index in [4.69, 9.17) is 22.3 Å². The van der Waals surface area contributed by atoms with E-state index in [0.29, 0.717) is 44.9 Å². The van der Waals surface area contributed by atoms with Crippen molar-refractivity contribution < 1.29 is 8.42 Å². The molecule has 0 aliphatic rings. The van der Waals surface area contributed by atoms with Gasteiger partial charge in [-0.3, -0.25) is 14.1 Å². The van der Waals surface area contributed by atoms with Crippen LogP contribution in [0.2, 0.25) is 5.02 Å². The van der Waals surface area contributed by atoms with E-state index in [9.17, 15) is 13.2 Å². The van der Waals surface area contributed by atoms with Gasteiger partial charge in [-0.2, -0.15) is 5.10 Å². The first-order valence-corrected chi connectivity index (χ1v) is 14.6. The monoisotopic (exact) mass is 583 g/mol. The second-order valence-electron chi connectivity index (χ2n) is 9.32. The average molecular weight is 584 g/mol. The van der Waals surface area contributed by atoms with E-state index < -0.39 is 10.0 Å². The van der Waals surface area contributed by atoms with Crippen molar-refractivity contribution in [3.8, 4) is 33.9 Å². The molecule has 0 saturated heterocycles. The Balaban J connectivity index is 1.54. The number of pyridine rings is 1. The van der Waals surface area contributed by atoms with Crippen LogP contribution in [0.1, 0.15) is 0 Å². The minimum atomic E-state index is -3.49. The summed E-state index contributed by atoms with van der Waals surface area (Å²) in [7, 11) is -3.49. The van der Waals surface area contributed by atoms with Crippen molar-refractivity contribution in [2.75, 3.05) is 16.7 Å². The number of hydrogen-bond donors (Lipinski definition) is 2. The van der Waals surface area contributed by atoms with Crippen molar-refractivity contribution in [2.24, 2.45) is 0 Å². The summed E-state index contributed by atoms with van der Waals surface area (Å²) in [6.45, 7) is 0. The summed E-state index contributed by atoms with van der Waals surface area (Å²) in [5.41, 5.74) is 9.70. The molecule has 3 aromatic carbocycles. The predicted molar refractivity (Wildman–Crippen MR) is 161 cm³/mol. The van der Waals surface area contributed by atoms with Gasteiger partial charge < -0.3 is 5.73 Å². The number of aromatic nitrogens is 5. The van der Waals surface area contributed by atoms with Gasteiger partial charge in [-0.1, -0.05) is 41.9 Å². The van der Waals surface area contributed by atoms with Crippen LogP contribution >= 0.6 is 11.6 Å². The number of nitrogens with two attached hydrogens (primary N) is 1. The minimum absolute atomic E-state index is 0.287. The highest BCUT2D eigenvalue weighted by molar-refractivity contribution is 7.92. The molecule has 0 fully saturated rings. The second kappa shape index (κ2) is 10.2. The van der Waals surface area contributed by atoms with Crippen LogP contribution in [0, 0.1) is 0 Å². The van der Waals surface area contributed by atoms with E-state index in [2.05, 4.69) is 14.8 Å². The van der Waals surface area contributed by atoms with Gasteiger partial charge in [-0.25, -0.2) is 23.1 Å². The van der Waals surface area contributed by atoms with Crippen LogP contribution in [0.25, 0.3) is 44.9 Å². The summed E-state index contributed by atoms with van der Waals surface area (Å²) in [5.74, 6) is 0.822. The number of nitrogens with one attached hydrogen (secondary N) is 1. The quantitative estimate of drug-likeness (QED) is 0.284. The number of fused-ring (bicyclic) bond motifs is 1. The first kappa shape index (κ1) is 26.2. The number of anilines is 2. The Morgan fingerprint density at radius 3 is 2.24 bits per heavy atom. The molecule has 3 N–H and O–H groups in total. The fourth-order valence-corrected chi connectivity index (χ4v) is 5.16. The molecule has 10 nitrogen and oxygen atoms in total. The Labute approximate surface area is 239 Å². The van der Waals surface area contributed by atoms with E-state index in [1.165, 1.54) is 15.4 Å². The SMILES string of the molecule is CS(=O)(=O)Nc1cccc(-n2ncc3c(=O)n(-c4ccc(Cl)cc4)c(-c4ccc(-c5ccc(N)nc5)cc4)nc32)c1. The highest BCUT2D eigenvalue weighted by Gasteiger charge is 2.19. The first-order valence-electron chi connectivity index (χ1n) is 12.3. The number of rotatable bonds is 6. The van der Waals surface area contributed by atoms with Crippen molar-refractivity contribution in [2.45, 2.75) is 0 Å². The van der Waals surface area contributed by atoms with Crippen LogP contribution in [0.4, 0.5) is 11.5 Å². The number of benzene rings is 3. The van der Waals surface area contributed by atoms with E-state index in [-0.39, 0.29) is 10.9 Å². The molecule has 0 amide bonds. The third kappa shape index (κ3) is 5.28. The number of hydrogen-bond acceptors (Lipinski definition) is 7. The first-order chi connectivity index (χ1) is 19.7. The number of nitrogens with zero attached hydrogens (tertiary/aromatic N) is 5. The maximum Gasteiger partial charge on any atom is 0.269 e. The lowest BCUT2D eigenvalue weighted by Crippen LogP contribution is -2.22. The maximum absolute atomic E-state index is 14.0.